The number of nitrogens with one attached hydrogen (secondary N) is 1. The van der Waals surface area contributed by atoms with Gasteiger partial charge in [-0.2, -0.15) is 4.98 Å². The highest BCUT2D eigenvalue weighted by atomic mass is 32.1. The standard InChI is InChI=1S/C26H28N6O2S.H2/c1-18-4-2-5-19(14-18)22(27)7-9-29-26-30-23-15-21(6-3-8-28-20-16-34-17-20)35-24(23)25(31-26)32-10-12-33-13-11-32;/h2,4-5,7,9,14-15,20,28H,8,10-13,16-17,27H2,1H3;1H/b22-7-,29-9+;. The van der Waals surface area contributed by atoms with Crippen LogP contribution in [0.4, 0.5) is 11.8 Å². The molecule has 0 amide bonds. The van der Waals surface area contributed by atoms with Gasteiger partial charge in [-0.3, -0.25) is 5.32 Å². The summed E-state index contributed by atoms with van der Waals surface area (Å²) in [4.78, 5) is 17.2. The summed E-state index contributed by atoms with van der Waals surface area (Å²) < 4.78 is 11.7. The number of hydrogen-bond donors (Lipinski definition) is 2. The molecule has 3 aromatic rings. The minimum Gasteiger partial charge on any atom is -0.398 e. The molecule has 35 heavy (non-hydrogen) atoms. The van der Waals surface area contributed by atoms with E-state index in [1.165, 1.54) is 0 Å². The fraction of sp³-hybridized carbons (Fsp3) is 0.346. The van der Waals surface area contributed by atoms with E-state index in [2.05, 4.69) is 32.0 Å². The molecule has 3 N–H and O–H groups in total. The number of morpholine rings is 1. The zero-order valence-electron chi connectivity index (χ0n) is 19.7. The van der Waals surface area contributed by atoms with E-state index in [0.29, 0.717) is 37.4 Å². The molecule has 4 heterocycles. The molecule has 0 bridgehead atoms. The van der Waals surface area contributed by atoms with Gasteiger partial charge in [-0.05, 0) is 30.7 Å². The highest BCUT2D eigenvalue weighted by Crippen LogP contribution is 2.33. The number of rotatable bonds is 6. The van der Waals surface area contributed by atoms with Gasteiger partial charge in [0.05, 0.1) is 54.1 Å². The average Bonchev–Trinajstić information content (AvgIpc) is 3.25. The van der Waals surface area contributed by atoms with Crippen molar-refractivity contribution in [3.05, 3.63) is 52.4 Å². The van der Waals surface area contributed by atoms with Crippen LogP contribution >= 0.6 is 11.3 Å². The number of aromatic nitrogens is 2. The van der Waals surface area contributed by atoms with Gasteiger partial charge in [0.1, 0.15) is 0 Å². The summed E-state index contributed by atoms with van der Waals surface area (Å²) in [5.74, 6) is 7.74. The second kappa shape index (κ2) is 11.0. The van der Waals surface area contributed by atoms with Crippen LogP contribution < -0.4 is 16.0 Å². The lowest BCUT2D eigenvalue weighted by Gasteiger charge is -2.28. The number of allylic oxidation sites excluding steroid dienone is 1. The van der Waals surface area contributed by atoms with E-state index >= 15 is 0 Å². The number of fused-ring (bicyclic) bond motifs is 1. The molecule has 0 unspecified atom stereocenters. The van der Waals surface area contributed by atoms with Crippen molar-refractivity contribution in [2.45, 2.75) is 13.0 Å². The summed E-state index contributed by atoms with van der Waals surface area (Å²) in [6, 6.07) is 10.5. The second-order valence-electron chi connectivity index (χ2n) is 8.46. The predicted octanol–water partition coefficient (Wildman–Crippen LogP) is 3.12. The van der Waals surface area contributed by atoms with Gasteiger partial charge in [-0.25, -0.2) is 9.98 Å². The molecule has 2 saturated heterocycles. The Morgan fingerprint density at radius 3 is 2.91 bits per heavy atom. The maximum absolute atomic E-state index is 6.24. The number of benzene rings is 1. The molecule has 5 rings (SSSR count). The molecule has 1 aromatic carbocycles. The first kappa shape index (κ1) is 23.5. The van der Waals surface area contributed by atoms with Crippen LogP contribution in [0, 0.1) is 18.8 Å². The number of thiophene rings is 1. The molecule has 2 aliphatic rings. The van der Waals surface area contributed by atoms with Crippen molar-refractivity contribution < 1.29 is 10.9 Å². The van der Waals surface area contributed by atoms with Crippen LogP contribution in [-0.4, -0.2) is 68.3 Å². The van der Waals surface area contributed by atoms with Crippen molar-refractivity contribution >= 4 is 45.2 Å². The monoisotopic (exact) mass is 490 g/mol. The summed E-state index contributed by atoms with van der Waals surface area (Å²) in [6.45, 7) is 7.11. The normalized spacial score (nSPS) is 16.9. The lowest BCUT2D eigenvalue weighted by molar-refractivity contribution is -0.00322. The summed E-state index contributed by atoms with van der Waals surface area (Å²) >= 11 is 1.61. The van der Waals surface area contributed by atoms with Crippen molar-refractivity contribution in [1.82, 2.24) is 15.3 Å². The van der Waals surface area contributed by atoms with Crippen molar-refractivity contribution in [2.75, 3.05) is 51.0 Å². The van der Waals surface area contributed by atoms with Gasteiger partial charge >= 0.3 is 0 Å². The minimum atomic E-state index is 0. The van der Waals surface area contributed by atoms with Crippen LogP contribution in [0.2, 0.25) is 0 Å². The van der Waals surface area contributed by atoms with E-state index in [-0.39, 0.29) is 1.43 Å². The number of nitrogens with zero attached hydrogens (tertiary/aromatic N) is 4. The molecule has 2 aliphatic heterocycles. The molecule has 2 aromatic heterocycles. The topological polar surface area (TPSA) is 97.9 Å². The van der Waals surface area contributed by atoms with Crippen LogP contribution in [0.25, 0.3) is 15.9 Å². The number of aryl methyl sites for hydroxylation is 1. The maximum atomic E-state index is 6.24. The molecular formula is C26H30N6O2S. The number of nitrogens with two attached hydrogens (primary N) is 1. The lowest BCUT2D eigenvalue weighted by Crippen LogP contribution is -2.45. The van der Waals surface area contributed by atoms with Crippen molar-refractivity contribution in [1.29, 1.82) is 0 Å². The van der Waals surface area contributed by atoms with Crippen molar-refractivity contribution in [3.63, 3.8) is 0 Å². The Morgan fingerprint density at radius 2 is 2.14 bits per heavy atom. The third-order valence-electron chi connectivity index (χ3n) is 5.78. The Bertz CT molecular complexity index is 1320. The molecular weight excluding hydrogens is 460 g/mol. The highest BCUT2D eigenvalue weighted by molar-refractivity contribution is 7.20. The Balaban J connectivity index is 0.00000304. The van der Waals surface area contributed by atoms with E-state index in [9.17, 15) is 0 Å². The van der Waals surface area contributed by atoms with Crippen LogP contribution in [0.1, 0.15) is 17.4 Å². The van der Waals surface area contributed by atoms with Gasteiger partial charge in [-0.15, -0.1) is 11.3 Å². The quantitative estimate of drug-likeness (QED) is 0.405. The van der Waals surface area contributed by atoms with Crippen molar-refractivity contribution in [2.24, 2.45) is 10.7 Å². The number of hydrogen-bond acceptors (Lipinski definition) is 9. The second-order valence-corrected chi connectivity index (χ2v) is 9.51. The lowest BCUT2D eigenvalue weighted by atomic mass is 10.1. The molecule has 182 valence electrons. The maximum Gasteiger partial charge on any atom is 0.251 e. The molecule has 9 heteroatoms. The van der Waals surface area contributed by atoms with Gasteiger partial charge in [0, 0.05) is 26.4 Å². The van der Waals surface area contributed by atoms with Crippen molar-refractivity contribution in [3.8, 4) is 11.8 Å². The molecule has 0 spiro atoms. The molecule has 0 aliphatic carbocycles. The molecule has 0 saturated carbocycles. The van der Waals surface area contributed by atoms with Gasteiger partial charge < -0.3 is 20.1 Å². The van der Waals surface area contributed by atoms with Crippen LogP contribution in [0.5, 0.6) is 0 Å². The molecule has 2 fully saturated rings. The number of aliphatic imine (C=N–C) groups is 1. The summed E-state index contributed by atoms with van der Waals surface area (Å²) in [5, 5.41) is 3.36. The summed E-state index contributed by atoms with van der Waals surface area (Å²) in [7, 11) is 0. The third kappa shape index (κ3) is 5.86. The predicted molar refractivity (Wildman–Crippen MR) is 144 cm³/mol. The fourth-order valence-electron chi connectivity index (χ4n) is 3.80. The first-order valence-corrected chi connectivity index (χ1v) is 12.5. The first-order valence-electron chi connectivity index (χ1n) is 11.7. The van der Waals surface area contributed by atoms with Crippen LogP contribution in [0.3, 0.4) is 0 Å². The highest BCUT2D eigenvalue weighted by Gasteiger charge is 2.19. The van der Waals surface area contributed by atoms with Crippen LogP contribution in [-0.2, 0) is 9.47 Å². The Morgan fingerprint density at radius 1 is 1.29 bits per heavy atom. The first-order chi connectivity index (χ1) is 17.2. The van der Waals surface area contributed by atoms with E-state index < -0.39 is 0 Å². The van der Waals surface area contributed by atoms with E-state index in [0.717, 1.165) is 58.3 Å². The minimum absolute atomic E-state index is 0. The Kier molecular flexibility index (Phi) is 7.35. The number of anilines is 1. The smallest absolute Gasteiger partial charge is 0.251 e. The Labute approximate surface area is 210 Å². The van der Waals surface area contributed by atoms with Gasteiger partial charge in [0.15, 0.2) is 5.82 Å². The van der Waals surface area contributed by atoms with E-state index in [1.807, 2.05) is 37.3 Å². The third-order valence-corrected chi connectivity index (χ3v) is 6.81. The summed E-state index contributed by atoms with van der Waals surface area (Å²) in [5.41, 5.74) is 9.84. The zero-order valence-corrected chi connectivity index (χ0v) is 20.5. The zero-order chi connectivity index (χ0) is 24.0. The van der Waals surface area contributed by atoms with Crippen LogP contribution in [0.15, 0.2) is 41.4 Å². The van der Waals surface area contributed by atoms with Gasteiger partial charge in [-0.1, -0.05) is 35.6 Å². The Hall–Kier alpha value is -3.29. The van der Waals surface area contributed by atoms with Gasteiger partial charge in [0.25, 0.3) is 5.95 Å². The molecule has 8 nitrogen and oxygen atoms in total. The number of ether oxygens (including phenoxy) is 2. The largest absolute Gasteiger partial charge is 0.398 e. The van der Waals surface area contributed by atoms with E-state index in [4.69, 9.17) is 20.2 Å². The van der Waals surface area contributed by atoms with Gasteiger partial charge in [0.2, 0.25) is 0 Å². The summed E-state index contributed by atoms with van der Waals surface area (Å²) in [6.07, 6.45) is 3.44. The molecule has 0 atom stereocenters. The molecule has 0 radical (unpaired) electrons. The average molecular weight is 491 g/mol. The SMILES string of the molecule is Cc1cccc(/C(N)=C/C=N/c2nc(N3CCOCC3)c3sc(C#CCNC4COC4)cc3n2)c1.[HH]. The fourth-order valence-corrected chi connectivity index (χ4v) is 4.79. The van der Waals surface area contributed by atoms with E-state index in [1.54, 1.807) is 23.6 Å².